The molecule has 0 aliphatic rings. The van der Waals surface area contributed by atoms with Crippen molar-refractivity contribution in [2.24, 2.45) is 5.10 Å². The molecule has 1 N–H and O–H groups in total. The van der Waals surface area contributed by atoms with Crippen LogP contribution in [-0.2, 0) is 4.79 Å². The molecule has 22 heavy (non-hydrogen) atoms. The Bertz CT molecular complexity index is 686. The first-order valence-corrected chi connectivity index (χ1v) is 7.25. The van der Waals surface area contributed by atoms with Gasteiger partial charge >= 0.3 is 0 Å². The van der Waals surface area contributed by atoms with Gasteiger partial charge < -0.3 is 4.74 Å². The zero-order chi connectivity index (χ0) is 15.9. The minimum absolute atomic E-state index is 0.329. The minimum atomic E-state index is -0.648. The number of hydrogen-bond acceptors (Lipinski definition) is 3. The van der Waals surface area contributed by atoms with E-state index in [1.54, 1.807) is 13.0 Å². The van der Waals surface area contributed by atoms with Crippen molar-refractivity contribution in [3.8, 4) is 5.75 Å². The van der Waals surface area contributed by atoms with Crippen molar-refractivity contribution in [3.63, 3.8) is 0 Å². The molecular weight excluding hydrogens is 300 g/mol. The summed E-state index contributed by atoms with van der Waals surface area (Å²) in [6, 6.07) is 14.8. The third kappa shape index (κ3) is 4.60. The summed E-state index contributed by atoms with van der Waals surface area (Å²) >= 11 is 6.00. The summed E-state index contributed by atoms with van der Waals surface area (Å²) in [5.41, 5.74) is 4.24. The molecule has 1 amide bonds. The lowest BCUT2D eigenvalue weighted by Crippen LogP contribution is -2.33. The van der Waals surface area contributed by atoms with Crippen LogP contribution in [0.4, 0.5) is 0 Å². The summed E-state index contributed by atoms with van der Waals surface area (Å²) in [5, 5.41) is 4.47. The lowest BCUT2D eigenvalue weighted by atomic mass is 10.2. The fourth-order valence-electron chi connectivity index (χ4n) is 1.78. The smallest absolute Gasteiger partial charge is 0.280 e. The Balaban J connectivity index is 1.90. The van der Waals surface area contributed by atoms with E-state index in [0.29, 0.717) is 10.8 Å². The third-order valence-electron chi connectivity index (χ3n) is 2.96. The van der Waals surface area contributed by atoms with Gasteiger partial charge in [-0.1, -0.05) is 41.9 Å². The molecule has 0 fully saturated rings. The van der Waals surface area contributed by atoms with Crippen LogP contribution in [0.5, 0.6) is 5.75 Å². The summed E-state index contributed by atoms with van der Waals surface area (Å²) in [6.07, 6.45) is 0.852. The molecule has 0 radical (unpaired) electrons. The molecule has 0 aliphatic heterocycles. The van der Waals surface area contributed by atoms with Crippen molar-refractivity contribution in [1.29, 1.82) is 0 Å². The van der Waals surface area contributed by atoms with Gasteiger partial charge in [-0.05, 0) is 37.6 Å². The number of hydrogen-bond donors (Lipinski definition) is 1. The van der Waals surface area contributed by atoms with Crippen LogP contribution in [0.1, 0.15) is 18.1 Å². The van der Waals surface area contributed by atoms with E-state index < -0.39 is 6.10 Å². The predicted octanol–water partition coefficient (Wildman–Crippen LogP) is 3.57. The predicted molar refractivity (Wildman–Crippen MR) is 88.5 cm³/mol. The Morgan fingerprint density at radius 3 is 2.77 bits per heavy atom. The van der Waals surface area contributed by atoms with Crippen LogP contribution in [0.2, 0.25) is 5.02 Å². The highest BCUT2D eigenvalue weighted by Gasteiger charge is 2.13. The molecule has 0 heterocycles. The zero-order valence-corrected chi connectivity index (χ0v) is 13.2. The van der Waals surface area contributed by atoms with Gasteiger partial charge in [0.15, 0.2) is 6.10 Å². The van der Waals surface area contributed by atoms with E-state index in [0.717, 1.165) is 11.1 Å². The molecule has 2 rings (SSSR count). The number of nitrogens with one attached hydrogen (secondary N) is 1. The van der Waals surface area contributed by atoms with Crippen LogP contribution in [0.25, 0.3) is 0 Å². The van der Waals surface area contributed by atoms with E-state index >= 15 is 0 Å². The molecule has 0 spiro atoms. The van der Waals surface area contributed by atoms with Crippen LogP contribution in [0, 0.1) is 6.92 Å². The minimum Gasteiger partial charge on any atom is -0.481 e. The number of hydrazone groups is 1. The molecule has 2 aromatic carbocycles. The van der Waals surface area contributed by atoms with Gasteiger partial charge in [0.1, 0.15) is 5.75 Å². The zero-order valence-electron chi connectivity index (χ0n) is 12.4. The van der Waals surface area contributed by atoms with Gasteiger partial charge in [-0.3, -0.25) is 4.79 Å². The molecular formula is C17H17ClN2O2. The van der Waals surface area contributed by atoms with Gasteiger partial charge in [-0.25, -0.2) is 5.43 Å². The van der Waals surface area contributed by atoms with Crippen LogP contribution in [-0.4, -0.2) is 18.2 Å². The fourth-order valence-corrected chi connectivity index (χ4v) is 1.97. The molecule has 114 valence electrons. The molecule has 5 heteroatoms. The lowest BCUT2D eigenvalue weighted by molar-refractivity contribution is -0.127. The van der Waals surface area contributed by atoms with Crippen molar-refractivity contribution < 1.29 is 9.53 Å². The van der Waals surface area contributed by atoms with E-state index in [4.69, 9.17) is 16.3 Å². The quantitative estimate of drug-likeness (QED) is 0.677. The molecule has 0 saturated heterocycles. The molecule has 1 atom stereocenters. The highest BCUT2D eigenvalue weighted by atomic mass is 35.5. The van der Waals surface area contributed by atoms with Gasteiger partial charge in [0.2, 0.25) is 0 Å². The van der Waals surface area contributed by atoms with Gasteiger partial charge in [-0.15, -0.1) is 0 Å². The lowest BCUT2D eigenvalue weighted by Gasteiger charge is -2.13. The largest absolute Gasteiger partial charge is 0.481 e. The van der Waals surface area contributed by atoms with Gasteiger partial charge in [0, 0.05) is 10.6 Å². The number of aryl methyl sites for hydroxylation is 1. The molecule has 0 bridgehead atoms. The van der Waals surface area contributed by atoms with Crippen molar-refractivity contribution in [2.45, 2.75) is 20.0 Å². The maximum Gasteiger partial charge on any atom is 0.280 e. The topological polar surface area (TPSA) is 50.7 Å². The Morgan fingerprint density at radius 1 is 1.27 bits per heavy atom. The molecule has 0 saturated carbocycles. The maximum absolute atomic E-state index is 11.9. The van der Waals surface area contributed by atoms with E-state index in [-0.39, 0.29) is 5.91 Å². The Morgan fingerprint density at radius 2 is 2.05 bits per heavy atom. The van der Waals surface area contributed by atoms with Crippen LogP contribution < -0.4 is 10.2 Å². The van der Waals surface area contributed by atoms with E-state index in [1.807, 2.05) is 49.4 Å². The number of ether oxygens (including phenoxy) is 1. The Kier molecular flexibility index (Phi) is 5.55. The number of benzene rings is 2. The summed E-state index contributed by atoms with van der Waals surface area (Å²) < 4.78 is 5.57. The average molecular weight is 317 g/mol. The molecule has 2 aromatic rings. The van der Waals surface area contributed by atoms with Gasteiger partial charge in [0.25, 0.3) is 5.91 Å². The van der Waals surface area contributed by atoms with Crippen LogP contribution >= 0.6 is 11.6 Å². The molecule has 4 nitrogen and oxygen atoms in total. The molecule has 0 aliphatic carbocycles. The number of carbonyl (C=O) groups excluding carboxylic acids is 1. The Labute approximate surface area is 134 Å². The first kappa shape index (κ1) is 16.0. The second-order valence-electron chi connectivity index (χ2n) is 4.83. The van der Waals surface area contributed by atoms with E-state index in [2.05, 4.69) is 10.5 Å². The first-order valence-electron chi connectivity index (χ1n) is 6.87. The summed E-state index contributed by atoms with van der Waals surface area (Å²) in [7, 11) is 0. The van der Waals surface area contributed by atoms with E-state index in [1.165, 1.54) is 6.21 Å². The second-order valence-corrected chi connectivity index (χ2v) is 5.24. The number of carbonyl (C=O) groups is 1. The third-order valence-corrected chi connectivity index (χ3v) is 3.30. The van der Waals surface area contributed by atoms with Crippen LogP contribution in [0.3, 0.4) is 0 Å². The number of rotatable bonds is 5. The number of halogens is 1. The monoisotopic (exact) mass is 316 g/mol. The summed E-state index contributed by atoms with van der Waals surface area (Å²) in [5.74, 6) is 0.322. The second kappa shape index (κ2) is 7.61. The van der Waals surface area contributed by atoms with Crippen molar-refractivity contribution >= 4 is 23.7 Å². The summed E-state index contributed by atoms with van der Waals surface area (Å²) in [6.45, 7) is 3.63. The fraction of sp³-hybridized carbons (Fsp3) is 0.176. The molecule has 0 aromatic heterocycles. The van der Waals surface area contributed by atoms with E-state index in [9.17, 15) is 4.79 Å². The van der Waals surface area contributed by atoms with Crippen LogP contribution in [0.15, 0.2) is 53.6 Å². The average Bonchev–Trinajstić information content (AvgIpc) is 2.49. The highest BCUT2D eigenvalue weighted by Crippen LogP contribution is 2.14. The standard InChI is InChI=1S/C17H17ClN2O2/c1-12-6-5-8-15(10-12)22-13(2)17(21)20-19-11-14-7-3-4-9-16(14)18/h3-11,13H,1-2H3,(H,20,21)/t13-/m0/s1. The maximum atomic E-state index is 11.9. The van der Waals surface area contributed by atoms with Crippen molar-refractivity contribution in [1.82, 2.24) is 5.43 Å². The Hall–Kier alpha value is -2.33. The highest BCUT2D eigenvalue weighted by molar-refractivity contribution is 6.33. The summed E-state index contributed by atoms with van der Waals surface area (Å²) in [4.78, 5) is 11.9. The normalized spacial score (nSPS) is 12.1. The SMILES string of the molecule is Cc1cccc(O[C@@H](C)C(=O)NN=Cc2ccccc2Cl)c1. The number of nitrogens with zero attached hydrogens (tertiary/aromatic N) is 1. The first-order chi connectivity index (χ1) is 10.6. The van der Waals surface area contributed by atoms with Gasteiger partial charge in [-0.2, -0.15) is 5.10 Å². The van der Waals surface area contributed by atoms with Gasteiger partial charge in [0.05, 0.1) is 6.21 Å². The van der Waals surface area contributed by atoms with Crippen molar-refractivity contribution in [3.05, 3.63) is 64.7 Å². The van der Waals surface area contributed by atoms with Crippen molar-refractivity contribution in [2.75, 3.05) is 0 Å². The number of amides is 1. The molecule has 0 unspecified atom stereocenters.